The molecule has 2 aromatic rings. The van der Waals surface area contributed by atoms with Crippen LogP contribution < -0.4 is 10.1 Å². The molecule has 1 atom stereocenters. The zero-order chi connectivity index (χ0) is 23.4. The van der Waals surface area contributed by atoms with Crippen LogP contribution in [-0.4, -0.2) is 44.9 Å². The lowest BCUT2D eigenvalue weighted by atomic mass is 9.86. The van der Waals surface area contributed by atoms with Gasteiger partial charge in [0.2, 0.25) is 15.9 Å². The van der Waals surface area contributed by atoms with Crippen LogP contribution in [0.3, 0.4) is 0 Å². The SMILES string of the molecule is CC(C)(C)c1ccccc1OCCNC(=O)C1CCCN(S(=O)(=O)c2ccc(Cl)cc2)C1. The quantitative estimate of drug-likeness (QED) is 0.604. The van der Waals surface area contributed by atoms with E-state index in [1.54, 1.807) is 12.1 Å². The molecule has 8 heteroatoms. The number of nitrogens with one attached hydrogen (secondary N) is 1. The molecule has 3 rings (SSSR count). The summed E-state index contributed by atoms with van der Waals surface area (Å²) in [5.41, 5.74) is 1.07. The Balaban J connectivity index is 1.53. The lowest BCUT2D eigenvalue weighted by Gasteiger charge is -2.31. The van der Waals surface area contributed by atoms with Gasteiger partial charge in [-0.25, -0.2) is 8.42 Å². The van der Waals surface area contributed by atoms with Gasteiger partial charge in [0.25, 0.3) is 0 Å². The Bertz CT molecular complexity index is 1030. The Kier molecular flexibility index (Phi) is 7.85. The summed E-state index contributed by atoms with van der Waals surface area (Å²) in [5, 5.41) is 3.38. The number of piperidine rings is 1. The Labute approximate surface area is 196 Å². The smallest absolute Gasteiger partial charge is 0.243 e. The van der Waals surface area contributed by atoms with E-state index in [2.05, 4.69) is 26.1 Å². The average Bonchev–Trinajstić information content (AvgIpc) is 2.76. The monoisotopic (exact) mass is 478 g/mol. The molecule has 174 valence electrons. The second kappa shape index (κ2) is 10.2. The predicted octanol–water partition coefficient (Wildman–Crippen LogP) is 4.23. The number of nitrogens with zero attached hydrogens (tertiary/aromatic N) is 1. The maximum atomic E-state index is 12.9. The standard InChI is InChI=1S/C24H31ClN2O4S/c1-24(2,3)21-8-4-5-9-22(21)31-16-14-26-23(28)18-7-6-15-27(17-18)32(29,30)20-12-10-19(25)11-13-20/h4-5,8-13,18H,6-7,14-17H2,1-3H3,(H,26,28). The fourth-order valence-electron chi connectivity index (χ4n) is 3.82. The van der Waals surface area contributed by atoms with Gasteiger partial charge in [0, 0.05) is 18.1 Å². The molecule has 0 spiro atoms. The molecule has 1 unspecified atom stereocenters. The van der Waals surface area contributed by atoms with E-state index >= 15 is 0 Å². The molecule has 2 aromatic carbocycles. The topological polar surface area (TPSA) is 75.7 Å². The highest BCUT2D eigenvalue weighted by molar-refractivity contribution is 7.89. The highest BCUT2D eigenvalue weighted by Gasteiger charge is 2.33. The third kappa shape index (κ3) is 6.03. The minimum atomic E-state index is -3.66. The van der Waals surface area contributed by atoms with Crippen LogP contribution in [0.1, 0.15) is 39.2 Å². The third-order valence-corrected chi connectivity index (χ3v) is 7.69. The fraction of sp³-hybridized carbons (Fsp3) is 0.458. The first kappa shape index (κ1) is 24.6. The second-order valence-corrected chi connectivity index (χ2v) is 11.4. The Morgan fingerprint density at radius 2 is 1.84 bits per heavy atom. The molecule has 32 heavy (non-hydrogen) atoms. The predicted molar refractivity (Wildman–Crippen MR) is 127 cm³/mol. The number of rotatable bonds is 7. The molecule has 0 bridgehead atoms. The van der Waals surface area contributed by atoms with E-state index in [-0.39, 0.29) is 28.7 Å². The van der Waals surface area contributed by atoms with Crippen molar-refractivity contribution in [2.24, 2.45) is 5.92 Å². The normalized spacial score (nSPS) is 17.7. The van der Waals surface area contributed by atoms with Crippen molar-refractivity contribution in [1.82, 2.24) is 9.62 Å². The molecular weight excluding hydrogens is 448 g/mol. The molecule has 1 saturated heterocycles. The molecule has 0 radical (unpaired) electrons. The van der Waals surface area contributed by atoms with E-state index in [9.17, 15) is 13.2 Å². The minimum Gasteiger partial charge on any atom is -0.491 e. The van der Waals surface area contributed by atoms with Crippen LogP contribution in [0, 0.1) is 5.92 Å². The number of hydrogen-bond donors (Lipinski definition) is 1. The summed E-state index contributed by atoms with van der Waals surface area (Å²) in [5.74, 6) is 0.286. The summed E-state index contributed by atoms with van der Waals surface area (Å²) in [6.45, 7) is 7.67. The van der Waals surface area contributed by atoms with Crippen LogP contribution in [0.25, 0.3) is 0 Å². The Morgan fingerprint density at radius 1 is 1.16 bits per heavy atom. The van der Waals surface area contributed by atoms with Crippen LogP contribution in [0.4, 0.5) is 0 Å². The molecule has 1 fully saturated rings. The van der Waals surface area contributed by atoms with Gasteiger partial charge in [0.1, 0.15) is 12.4 Å². The van der Waals surface area contributed by atoms with E-state index in [1.807, 2.05) is 24.3 Å². The Hall–Kier alpha value is -2.09. The van der Waals surface area contributed by atoms with Crippen LogP contribution in [0.15, 0.2) is 53.4 Å². The highest BCUT2D eigenvalue weighted by atomic mass is 35.5. The average molecular weight is 479 g/mol. The first-order chi connectivity index (χ1) is 15.1. The van der Waals surface area contributed by atoms with Crippen LogP contribution >= 0.6 is 11.6 Å². The number of amides is 1. The third-order valence-electron chi connectivity index (χ3n) is 5.56. The first-order valence-corrected chi connectivity index (χ1v) is 12.7. The number of ether oxygens (including phenoxy) is 1. The van der Waals surface area contributed by atoms with Crippen LogP contribution in [0.2, 0.25) is 5.02 Å². The lowest BCUT2D eigenvalue weighted by molar-refractivity contribution is -0.126. The summed E-state index contributed by atoms with van der Waals surface area (Å²) in [6, 6.07) is 14.0. The summed E-state index contributed by atoms with van der Waals surface area (Å²) < 4.78 is 33.2. The van der Waals surface area contributed by atoms with E-state index in [1.165, 1.54) is 16.4 Å². The second-order valence-electron chi connectivity index (χ2n) is 9.04. The molecule has 1 heterocycles. The number of para-hydroxylation sites is 1. The number of halogens is 1. The molecule has 0 saturated carbocycles. The number of carbonyl (C=O) groups excluding carboxylic acids is 1. The molecule has 1 amide bonds. The zero-order valence-corrected chi connectivity index (χ0v) is 20.4. The van der Waals surface area contributed by atoms with Crippen molar-refractivity contribution in [3.63, 3.8) is 0 Å². The van der Waals surface area contributed by atoms with Gasteiger partial charge < -0.3 is 10.1 Å². The highest BCUT2D eigenvalue weighted by Crippen LogP contribution is 2.31. The van der Waals surface area contributed by atoms with Crippen LogP contribution in [-0.2, 0) is 20.2 Å². The van der Waals surface area contributed by atoms with Crippen molar-refractivity contribution in [3.8, 4) is 5.75 Å². The summed E-state index contributed by atoms with van der Waals surface area (Å²) in [4.78, 5) is 12.9. The van der Waals surface area contributed by atoms with Crippen molar-refractivity contribution < 1.29 is 17.9 Å². The van der Waals surface area contributed by atoms with Crippen molar-refractivity contribution in [1.29, 1.82) is 0 Å². The maximum absolute atomic E-state index is 12.9. The molecule has 0 aromatic heterocycles. The van der Waals surface area contributed by atoms with Gasteiger partial charge in [0.15, 0.2) is 0 Å². The van der Waals surface area contributed by atoms with E-state index in [4.69, 9.17) is 16.3 Å². The molecule has 1 aliphatic rings. The number of benzene rings is 2. The van der Waals surface area contributed by atoms with Gasteiger partial charge in [-0.3, -0.25) is 4.79 Å². The number of sulfonamides is 1. The summed E-state index contributed by atoms with van der Waals surface area (Å²) in [7, 11) is -3.66. The van der Waals surface area contributed by atoms with Crippen molar-refractivity contribution >= 4 is 27.5 Å². The zero-order valence-electron chi connectivity index (χ0n) is 18.8. The van der Waals surface area contributed by atoms with E-state index in [0.717, 1.165) is 11.3 Å². The molecule has 1 N–H and O–H groups in total. The van der Waals surface area contributed by atoms with Gasteiger partial charge in [-0.15, -0.1) is 0 Å². The largest absolute Gasteiger partial charge is 0.491 e. The van der Waals surface area contributed by atoms with Gasteiger partial charge in [0.05, 0.1) is 17.4 Å². The van der Waals surface area contributed by atoms with Gasteiger partial charge in [-0.1, -0.05) is 50.6 Å². The minimum absolute atomic E-state index is 0.0407. The molecule has 0 aliphatic carbocycles. The van der Waals surface area contributed by atoms with Crippen LogP contribution in [0.5, 0.6) is 5.75 Å². The van der Waals surface area contributed by atoms with Crippen molar-refractivity contribution in [2.75, 3.05) is 26.2 Å². The Morgan fingerprint density at radius 3 is 2.53 bits per heavy atom. The molecular formula is C24H31ClN2O4S. The molecule has 6 nitrogen and oxygen atoms in total. The summed E-state index contributed by atoms with van der Waals surface area (Å²) >= 11 is 5.87. The van der Waals surface area contributed by atoms with Gasteiger partial charge in [-0.05, 0) is 54.2 Å². The van der Waals surface area contributed by atoms with E-state index < -0.39 is 10.0 Å². The number of carbonyl (C=O) groups is 1. The van der Waals surface area contributed by atoms with Gasteiger partial charge in [-0.2, -0.15) is 4.31 Å². The number of hydrogen-bond acceptors (Lipinski definition) is 4. The fourth-order valence-corrected chi connectivity index (χ4v) is 5.47. The van der Waals surface area contributed by atoms with Gasteiger partial charge >= 0.3 is 0 Å². The molecule has 1 aliphatic heterocycles. The van der Waals surface area contributed by atoms with Crippen molar-refractivity contribution in [3.05, 3.63) is 59.1 Å². The lowest BCUT2D eigenvalue weighted by Crippen LogP contribution is -2.46. The first-order valence-electron chi connectivity index (χ1n) is 10.8. The summed E-state index contributed by atoms with van der Waals surface area (Å²) in [6.07, 6.45) is 1.30. The van der Waals surface area contributed by atoms with Crippen molar-refractivity contribution in [2.45, 2.75) is 43.9 Å². The van der Waals surface area contributed by atoms with E-state index in [0.29, 0.717) is 37.6 Å². The maximum Gasteiger partial charge on any atom is 0.243 e.